The minimum absolute atomic E-state index is 0.0350. The quantitative estimate of drug-likeness (QED) is 0.0692. The molecule has 2 aliphatic heterocycles. The molecule has 3 unspecified atom stereocenters. The van der Waals surface area contributed by atoms with E-state index in [2.05, 4.69) is 304 Å². The zero-order chi connectivity index (χ0) is 82.5. The highest BCUT2D eigenvalue weighted by Crippen LogP contribution is 2.51. The molecule has 0 spiro atoms. The fourth-order valence-corrected chi connectivity index (χ4v) is 28.4. The van der Waals surface area contributed by atoms with Gasteiger partial charge in [-0.2, -0.15) is 13.2 Å². The number of benzene rings is 12. The van der Waals surface area contributed by atoms with Gasteiger partial charge in [0.1, 0.15) is 39.5 Å². The van der Waals surface area contributed by atoms with E-state index in [9.17, 15) is 18.0 Å². The van der Waals surface area contributed by atoms with Gasteiger partial charge in [0, 0.05) is 109 Å². The summed E-state index contributed by atoms with van der Waals surface area (Å²) in [5.41, 5.74) is 4.72. The molecule has 2 saturated heterocycles. The molecule has 0 amide bonds. The Morgan fingerprint density at radius 3 is 1.15 bits per heavy atom. The van der Waals surface area contributed by atoms with E-state index in [0.717, 1.165) is 40.5 Å². The molecule has 2 nitrogen and oxygen atoms in total. The van der Waals surface area contributed by atoms with Gasteiger partial charge in [0.25, 0.3) is 0 Å². The Kier molecular flexibility index (Phi) is 31.0. The number of hydrogen-bond donors (Lipinski definition) is 0. The number of rotatable bonds is 12. The van der Waals surface area contributed by atoms with Gasteiger partial charge in [-0.15, -0.1) is 0 Å². The number of halogens is 3. The molecule has 0 saturated carbocycles. The first-order valence-electron chi connectivity index (χ1n) is 41.7. The van der Waals surface area contributed by atoms with Crippen LogP contribution in [0, 0.1) is 13.8 Å². The van der Waals surface area contributed by atoms with Gasteiger partial charge in [-0.05, 0) is 231 Å². The third-order valence-corrected chi connectivity index (χ3v) is 35.0. The number of hydrogen-bond acceptors (Lipinski definition) is 2. The third kappa shape index (κ3) is 22.3. The summed E-state index contributed by atoms with van der Waals surface area (Å²) in [7, 11) is 0.785. The zero-order valence-corrected chi connectivity index (χ0v) is 74.9. The summed E-state index contributed by atoms with van der Waals surface area (Å²) < 4.78 is 52.7. The molecule has 3 atom stereocenters. The maximum absolute atomic E-state index is 13.1. The molecule has 2 fully saturated rings. The molecule has 18 rings (SSSR count). The number of alkyl halides is 3. The van der Waals surface area contributed by atoms with Gasteiger partial charge >= 0.3 is 6.18 Å². The Bertz CT molecular complexity index is 5800. The van der Waals surface area contributed by atoms with Crippen molar-refractivity contribution in [1.29, 1.82) is 0 Å². The van der Waals surface area contributed by atoms with Crippen LogP contribution in [0.1, 0.15) is 154 Å². The summed E-state index contributed by atoms with van der Waals surface area (Å²) in [5.74, 6) is 6.79. The van der Waals surface area contributed by atoms with E-state index < -0.39 is 22.2 Å². The Hall–Kier alpha value is -9.04. The molecule has 0 N–H and O–H groups in total. The fraction of sp³-hybridized carbons (Fsp3) is 0.274. The second kappa shape index (κ2) is 41.6. The number of aryl methyl sites for hydroxylation is 2. The lowest BCUT2D eigenvalue weighted by Gasteiger charge is -2.19. The van der Waals surface area contributed by atoms with Gasteiger partial charge in [0.2, 0.25) is 5.43 Å². The first kappa shape index (κ1) is 87.3. The Morgan fingerprint density at radius 2 is 0.692 bits per heavy atom. The van der Waals surface area contributed by atoms with Crippen molar-refractivity contribution in [3.8, 4) is 25.3 Å². The van der Waals surface area contributed by atoms with Crippen molar-refractivity contribution in [2.24, 2.45) is 0 Å². The lowest BCUT2D eigenvalue weighted by atomic mass is 9.87. The SMILES string of the molecule is CC.CC(C)(C)c1ccc(-[s+]2ccc3ccccc32)cc1.CC(C)(C)c1ccc([S+]2CCCCC2)cc1.CCCCCCOc1c(C)cc(-[s+]2c3ccccc3c3ccccc32)cc1C.O=c1c2ccccc2[s+](-c2ccccc2)c2ccc(C(F)(F)F)cc12.c1ccc(-[s+]2ccc3ccccc32)cc1.c1ccc([S+]2CCCCC2)cc1. The highest BCUT2D eigenvalue weighted by atomic mass is 32.2. The second-order valence-electron chi connectivity index (χ2n) is 31.7. The van der Waals surface area contributed by atoms with E-state index in [0.29, 0.717) is 31.9 Å². The molecule has 12 aromatic carbocycles. The van der Waals surface area contributed by atoms with Crippen LogP contribution < -0.4 is 10.2 Å². The van der Waals surface area contributed by atoms with E-state index in [1.54, 1.807) is 21.9 Å². The minimum Gasteiger partial charge on any atom is -0.493 e. The summed E-state index contributed by atoms with van der Waals surface area (Å²) >= 11 is 0. The van der Waals surface area contributed by atoms with Crippen molar-refractivity contribution in [1.82, 2.24) is 0 Å². The lowest BCUT2D eigenvalue weighted by molar-refractivity contribution is -0.137. The van der Waals surface area contributed by atoms with Gasteiger partial charge in [-0.3, -0.25) is 4.79 Å². The second-order valence-corrected chi connectivity index (χ2v) is 43.9. The van der Waals surface area contributed by atoms with E-state index in [4.69, 9.17) is 4.74 Å². The molecule has 6 heterocycles. The highest BCUT2D eigenvalue weighted by Gasteiger charge is 2.34. The molecular formula is C106H115F3O2S6+6. The van der Waals surface area contributed by atoms with Crippen LogP contribution in [0.4, 0.5) is 13.2 Å². The molecule has 0 radical (unpaired) electrons. The van der Waals surface area contributed by atoms with Crippen LogP contribution >= 0.6 is 41.9 Å². The van der Waals surface area contributed by atoms with Gasteiger partial charge in [-0.25, -0.2) is 0 Å². The number of ether oxygens (including phenoxy) is 1. The van der Waals surface area contributed by atoms with Gasteiger partial charge < -0.3 is 4.74 Å². The number of unbranched alkanes of at least 4 members (excludes halogenated alkanes) is 3. The maximum Gasteiger partial charge on any atom is 0.416 e. The fourth-order valence-electron chi connectivity index (χ4n) is 15.1. The maximum atomic E-state index is 13.1. The topological polar surface area (TPSA) is 26.3 Å². The third-order valence-electron chi connectivity index (χ3n) is 21.3. The number of fused-ring (bicyclic) bond motifs is 7. The molecule has 2 aliphatic rings. The molecule has 0 aliphatic carbocycles. The van der Waals surface area contributed by atoms with Crippen LogP contribution in [0.15, 0.2) is 329 Å². The predicted molar refractivity (Wildman–Crippen MR) is 517 cm³/mol. The normalized spacial score (nSPS) is 13.6. The molecule has 602 valence electrons. The number of thiophene rings is 3. The van der Waals surface area contributed by atoms with Crippen LogP contribution in [0.2, 0.25) is 0 Å². The van der Waals surface area contributed by atoms with Gasteiger partial charge in [-0.1, -0.05) is 221 Å². The average molecular weight is 1670 g/mol. The van der Waals surface area contributed by atoms with Crippen LogP contribution in [-0.2, 0) is 38.8 Å². The molecule has 0 bridgehead atoms. The summed E-state index contributed by atoms with van der Waals surface area (Å²) in [6, 6.07) is 105. The Labute approximate surface area is 710 Å². The van der Waals surface area contributed by atoms with Crippen molar-refractivity contribution in [2.45, 2.75) is 167 Å². The first-order chi connectivity index (χ1) is 56.7. The van der Waals surface area contributed by atoms with Crippen LogP contribution in [0.25, 0.3) is 80.1 Å². The van der Waals surface area contributed by atoms with Gasteiger partial charge in [0.15, 0.2) is 57.6 Å². The smallest absolute Gasteiger partial charge is 0.416 e. The van der Waals surface area contributed by atoms with Crippen molar-refractivity contribution in [2.75, 3.05) is 29.6 Å². The zero-order valence-electron chi connectivity index (χ0n) is 70.0. The van der Waals surface area contributed by atoms with E-state index in [-0.39, 0.29) is 53.1 Å². The van der Waals surface area contributed by atoms with Crippen molar-refractivity contribution in [3.05, 3.63) is 352 Å². The van der Waals surface area contributed by atoms with Crippen LogP contribution in [0.5, 0.6) is 5.75 Å². The molecule has 16 aromatic rings. The largest absolute Gasteiger partial charge is 0.493 e. The average Bonchev–Trinajstić information content (AvgIpc) is 1.58. The monoisotopic (exact) mass is 1670 g/mol. The Morgan fingerprint density at radius 1 is 0.333 bits per heavy atom. The summed E-state index contributed by atoms with van der Waals surface area (Å²) in [5, 5.41) is 10.7. The molecule has 11 heteroatoms. The highest BCUT2D eigenvalue weighted by molar-refractivity contribution is 7.97. The van der Waals surface area contributed by atoms with E-state index >= 15 is 0 Å². The Balaban J connectivity index is 0.000000131. The van der Waals surface area contributed by atoms with Crippen LogP contribution in [-0.4, -0.2) is 29.6 Å². The van der Waals surface area contributed by atoms with Crippen molar-refractivity contribution in [3.63, 3.8) is 0 Å². The molecule has 4 aromatic heterocycles. The molecule has 117 heavy (non-hydrogen) atoms. The van der Waals surface area contributed by atoms with Crippen LogP contribution in [0.3, 0.4) is 0 Å². The lowest BCUT2D eigenvalue weighted by Crippen LogP contribution is -2.18. The van der Waals surface area contributed by atoms with E-state index in [1.165, 1.54) is 164 Å². The first-order valence-corrected chi connectivity index (χ1v) is 49.8. The summed E-state index contributed by atoms with van der Waals surface area (Å²) in [6.07, 6.45) is 9.13. The summed E-state index contributed by atoms with van der Waals surface area (Å²) in [4.78, 5) is 21.2. The minimum atomic E-state index is -4.47. The van der Waals surface area contributed by atoms with Crippen molar-refractivity contribution < 1.29 is 17.9 Å². The standard InChI is InChI=1S/C26H29OS.C20H12F3OS.C18H19S.C15H23S.C14H11S.C11H15S.C2H6/c1-4-5-6-11-16-27-26-19(2)17-21(18-20(26)3)28-24-14-9-7-12-22(24)23-13-8-10-15-25(23)28;21-20(22,23)13-10-11-18-16(12-13)19(24)15-8-4-5-9-17(15)25(18)14-6-2-1-3-7-14;1-18(2,3)15-8-10-16(11-9-15)19-13-12-14-6-4-5-7-17(14)19;1-15(2,3)13-7-9-14(10-8-13)16-11-5-4-6-12-16;1-2-7-13(8-3-1)15-11-10-12-6-4-5-9-14(12)15;1-3-7-11(8-4-1)12-9-5-2-6-10-12;1-2/h7-10,12-15,17-18H,4-6,11,16H2,1-3H3;1-12H;4-13H,1-3H3;7-10H,4-6,11-12H2,1-3H3;1-11H;1,3-4,7-8H,2,5-6,9-10H2;1-2H3/q6*+1;. The summed E-state index contributed by atoms with van der Waals surface area (Å²) in [6.45, 7) is 25.1. The van der Waals surface area contributed by atoms with E-state index in [1.807, 2.05) is 56.3 Å². The van der Waals surface area contributed by atoms with Crippen molar-refractivity contribution >= 4 is 124 Å². The van der Waals surface area contributed by atoms with Gasteiger partial charge in [0.05, 0.1) is 22.9 Å². The predicted octanol–water partition coefficient (Wildman–Crippen LogP) is 32.9. The molecular weight excluding hydrogens is 1550 g/mol.